The summed E-state index contributed by atoms with van der Waals surface area (Å²) < 4.78 is 15.4. The van der Waals surface area contributed by atoms with Gasteiger partial charge in [-0.15, -0.1) is 11.3 Å². The van der Waals surface area contributed by atoms with Gasteiger partial charge in [0.2, 0.25) is 5.91 Å². The topological polar surface area (TPSA) is 76.9 Å². The summed E-state index contributed by atoms with van der Waals surface area (Å²) in [4.78, 5) is 34.3. The predicted octanol–water partition coefficient (Wildman–Crippen LogP) is 3.67. The average molecular weight is 422 g/mol. The molecule has 4 aromatic rings. The highest BCUT2D eigenvalue weighted by Crippen LogP contribution is 2.29. The maximum atomic E-state index is 14.0. The summed E-state index contributed by atoms with van der Waals surface area (Å²) in [6.07, 6.45) is 1.61. The summed E-state index contributed by atoms with van der Waals surface area (Å²) >= 11 is 1.36. The Morgan fingerprint density at radius 2 is 1.93 bits per heavy atom. The number of hydrogen-bond acceptors (Lipinski definition) is 5. The number of rotatable bonds is 6. The number of halogens is 1. The van der Waals surface area contributed by atoms with Crippen LogP contribution in [-0.4, -0.2) is 20.4 Å². The maximum absolute atomic E-state index is 14.0. The molecule has 0 spiro atoms. The number of aromatic nitrogens is 3. The van der Waals surface area contributed by atoms with E-state index in [0.717, 1.165) is 10.6 Å². The highest BCUT2D eigenvalue weighted by Gasteiger charge is 2.13. The van der Waals surface area contributed by atoms with Gasteiger partial charge in [0.05, 0.1) is 29.5 Å². The standard InChI is InChI=1S/C22H19FN4O2S/c1-14-19(30-21(26-14)15-6-2-4-8-17(15)23)12-24-20(28)10-11-27-13-25-18-9-5-3-7-16(18)22(27)29/h2-9,13H,10-12H2,1H3,(H,24,28). The van der Waals surface area contributed by atoms with Crippen LogP contribution in [0.4, 0.5) is 4.39 Å². The van der Waals surface area contributed by atoms with E-state index in [-0.39, 0.29) is 30.2 Å². The van der Waals surface area contributed by atoms with Crippen LogP contribution in [0, 0.1) is 12.7 Å². The van der Waals surface area contributed by atoms with Crippen LogP contribution in [0.2, 0.25) is 0 Å². The lowest BCUT2D eigenvalue weighted by atomic mass is 10.2. The summed E-state index contributed by atoms with van der Waals surface area (Å²) in [5, 5.41) is 3.96. The van der Waals surface area contributed by atoms with Crippen LogP contribution in [0.25, 0.3) is 21.5 Å². The van der Waals surface area contributed by atoms with Crippen molar-refractivity contribution in [2.45, 2.75) is 26.4 Å². The molecule has 0 aliphatic carbocycles. The Labute approximate surface area is 176 Å². The van der Waals surface area contributed by atoms with Gasteiger partial charge >= 0.3 is 0 Å². The van der Waals surface area contributed by atoms with Crippen molar-refractivity contribution in [3.8, 4) is 10.6 Å². The molecule has 0 aliphatic heterocycles. The zero-order valence-electron chi connectivity index (χ0n) is 16.3. The van der Waals surface area contributed by atoms with E-state index in [9.17, 15) is 14.0 Å². The number of thiazole rings is 1. The van der Waals surface area contributed by atoms with Gasteiger partial charge in [0.15, 0.2) is 0 Å². The van der Waals surface area contributed by atoms with Gasteiger partial charge in [-0.25, -0.2) is 14.4 Å². The number of nitrogens with one attached hydrogen (secondary N) is 1. The molecule has 0 atom stereocenters. The Hall–Kier alpha value is -3.39. The third-order valence-electron chi connectivity index (χ3n) is 4.75. The van der Waals surface area contributed by atoms with Crippen LogP contribution in [0.3, 0.4) is 0 Å². The monoisotopic (exact) mass is 422 g/mol. The summed E-state index contributed by atoms with van der Waals surface area (Å²) in [6.45, 7) is 2.38. The van der Waals surface area contributed by atoms with Gasteiger partial charge in [-0.1, -0.05) is 24.3 Å². The number of nitrogens with zero attached hydrogens (tertiary/aromatic N) is 3. The molecule has 2 heterocycles. The maximum Gasteiger partial charge on any atom is 0.261 e. The van der Waals surface area contributed by atoms with Gasteiger partial charge in [-0.05, 0) is 31.2 Å². The molecule has 2 aromatic heterocycles. The fraction of sp³-hybridized carbons (Fsp3) is 0.182. The van der Waals surface area contributed by atoms with E-state index in [4.69, 9.17) is 0 Å². The minimum atomic E-state index is -0.323. The zero-order chi connectivity index (χ0) is 21.1. The third-order valence-corrected chi connectivity index (χ3v) is 5.95. The van der Waals surface area contributed by atoms with Crippen molar-refractivity contribution in [3.05, 3.63) is 81.6 Å². The molecule has 152 valence electrons. The van der Waals surface area contributed by atoms with Gasteiger partial charge < -0.3 is 5.32 Å². The molecule has 0 radical (unpaired) electrons. The Bertz CT molecular complexity index is 1280. The molecule has 0 saturated heterocycles. The molecule has 0 fully saturated rings. The lowest BCUT2D eigenvalue weighted by Gasteiger charge is -2.07. The molecular weight excluding hydrogens is 403 g/mol. The molecule has 1 amide bonds. The number of benzene rings is 2. The first-order chi connectivity index (χ1) is 14.5. The fourth-order valence-corrected chi connectivity index (χ4v) is 4.13. The molecule has 4 rings (SSSR count). The van der Waals surface area contributed by atoms with E-state index in [2.05, 4.69) is 15.3 Å². The first kappa shape index (κ1) is 19.9. The molecule has 6 nitrogen and oxygen atoms in total. The molecule has 2 aromatic carbocycles. The number of aryl methyl sites for hydroxylation is 2. The van der Waals surface area contributed by atoms with E-state index < -0.39 is 0 Å². The van der Waals surface area contributed by atoms with Gasteiger partial charge in [-0.3, -0.25) is 14.2 Å². The van der Waals surface area contributed by atoms with E-state index >= 15 is 0 Å². The SMILES string of the molecule is Cc1nc(-c2ccccc2F)sc1CNC(=O)CCn1cnc2ccccc2c1=O. The molecule has 30 heavy (non-hydrogen) atoms. The van der Waals surface area contributed by atoms with E-state index in [1.165, 1.54) is 28.3 Å². The van der Waals surface area contributed by atoms with Gasteiger partial charge in [0.25, 0.3) is 5.56 Å². The molecule has 1 N–H and O–H groups in total. The van der Waals surface area contributed by atoms with E-state index in [0.29, 0.717) is 28.0 Å². The normalized spacial score (nSPS) is 11.0. The van der Waals surface area contributed by atoms with Crippen LogP contribution in [0.5, 0.6) is 0 Å². The van der Waals surface area contributed by atoms with Gasteiger partial charge in [-0.2, -0.15) is 0 Å². The zero-order valence-corrected chi connectivity index (χ0v) is 17.1. The van der Waals surface area contributed by atoms with Crippen molar-refractivity contribution >= 4 is 28.1 Å². The number of fused-ring (bicyclic) bond motifs is 1. The van der Waals surface area contributed by atoms with E-state index in [1.54, 1.807) is 36.4 Å². The first-order valence-corrected chi connectivity index (χ1v) is 10.3. The minimum absolute atomic E-state index is 0.151. The van der Waals surface area contributed by atoms with Crippen molar-refractivity contribution in [2.24, 2.45) is 0 Å². The first-order valence-electron chi connectivity index (χ1n) is 9.45. The third kappa shape index (κ3) is 4.13. The van der Waals surface area contributed by atoms with E-state index in [1.807, 2.05) is 13.0 Å². The summed E-state index contributed by atoms with van der Waals surface area (Å²) in [5.74, 6) is -0.508. The molecule has 0 saturated carbocycles. The summed E-state index contributed by atoms with van der Waals surface area (Å²) in [5.41, 5.74) is 1.68. The second-order valence-corrected chi connectivity index (χ2v) is 7.88. The van der Waals surface area contributed by atoms with Crippen LogP contribution in [0.1, 0.15) is 17.0 Å². The van der Waals surface area contributed by atoms with Crippen LogP contribution in [0.15, 0.2) is 59.7 Å². The largest absolute Gasteiger partial charge is 0.351 e. The quantitative estimate of drug-likeness (QED) is 0.514. The van der Waals surface area contributed by atoms with Gasteiger partial charge in [0, 0.05) is 23.4 Å². The van der Waals surface area contributed by atoms with Crippen LogP contribution >= 0.6 is 11.3 Å². The Balaban J connectivity index is 1.38. The summed E-state index contributed by atoms with van der Waals surface area (Å²) in [7, 11) is 0. The van der Waals surface area contributed by atoms with Crippen LogP contribution in [-0.2, 0) is 17.9 Å². The molecule has 0 aliphatic rings. The number of carbonyl (C=O) groups is 1. The highest BCUT2D eigenvalue weighted by molar-refractivity contribution is 7.15. The number of hydrogen-bond donors (Lipinski definition) is 1. The average Bonchev–Trinajstić information content (AvgIpc) is 3.12. The Morgan fingerprint density at radius 3 is 2.77 bits per heavy atom. The van der Waals surface area contributed by atoms with Crippen molar-refractivity contribution in [2.75, 3.05) is 0 Å². The van der Waals surface area contributed by atoms with Crippen molar-refractivity contribution in [1.82, 2.24) is 19.9 Å². The summed E-state index contributed by atoms with van der Waals surface area (Å²) in [6, 6.07) is 13.6. The number of carbonyl (C=O) groups excluding carboxylic acids is 1. The van der Waals surface area contributed by atoms with Crippen LogP contribution < -0.4 is 10.9 Å². The lowest BCUT2D eigenvalue weighted by Crippen LogP contribution is -2.27. The van der Waals surface area contributed by atoms with Crippen molar-refractivity contribution < 1.29 is 9.18 Å². The fourth-order valence-electron chi connectivity index (χ4n) is 3.10. The predicted molar refractivity (Wildman–Crippen MR) is 115 cm³/mol. The molecule has 0 bridgehead atoms. The minimum Gasteiger partial charge on any atom is -0.351 e. The lowest BCUT2D eigenvalue weighted by molar-refractivity contribution is -0.121. The smallest absolute Gasteiger partial charge is 0.261 e. The number of amides is 1. The molecular formula is C22H19FN4O2S. The Morgan fingerprint density at radius 1 is 1.17 bits per heavy atom. The van der Waals surface area contributed by atoms with Crippen molar-refractivity contribution in [3.63, 3.8) is 0 Å². The number of para-hydroxylation sites is 1. The van der Waals surface area contributed by atoms with Gasteiger partial charge in [0.1, 0.15) is 10.8 Å². The second kappa shape index (κ2) is 8.54. The highest BCUT2D eigenvalue weighted by atomic mass is 32.1. The second-order valence-electron chi connectivity index (χ2n) is 6.79. The molecule has 8 heteroatoms. The Kier molecular flexibility index (Phi) is 5.67. The van der Waals surface area contributed by atoms with Crippen molar-refractivity contribution in [1.29, 1.82) is 0 Å². The molecule has 0 unspecified atom stereocenters.